The lowest BCUT2D eigenvalue weighted by Gasteiger charge is -2.19. The number of rotatable bonds is 8. The Bertz CT molecular complexity index is 345. The molecule has 1 N–H and O–H groups in total. The van der Waals surface area contributed by atoms with Gasteiger partial charge in [0.2, 0.25) is 0 Å². The highest BCUT2D eigenvalue weighted by molar-refractivity contribution is 5.36. The van der Waals surface area contributed by atoms with Gasteiger partial charge >= 0.3 is 0 Å². The maximum Gasteiger partial charge on any atom is 0.147 e. The number of hydrogen-bond acceptors (Lipinski definition) is 4. The lowest BCUT2D eigenvalue weighted by molar-refractivity contribution is 0.547. The first-order chi connectivity index (χ1) is 8.67. The molecule has 0 saturated carbocycles. The first-order valence-electron chi connectivity index (χ1n) is 6.54. The summed E-state index contributed by atoms with van der Waals surface area (Å²) in [7, 11) is 0. The van der Waals surface area contributed by atoms with Gasteiger partial charge in [-0.25, -0.2) is 4.98 Å². The van der Waals surface area contributed by atoms with E-state index in [2.05, 4.69) is 47.5 Å². The highest BCUT2D eigenvalue weighted by Crippen LogP contribution is 2.08. The van der Waals surface area contributed by atoms with Gasteiger partial charge in [0.25, 0.3) is 0 Å². The largest absolute Gasteiger partial charge is 0.352 e. The minimum atomic E-state index is 0.653. The summed E-state index contributed by atoms with van der Waals surface area (Å²) in [6.45, 7) is 13.7. The van der Waals surface area contributed by atoms with E-state index in [9.17, 15) is 0 Å². The van der Waals surface area contributed by atoms with Gasteiger partial charge in [-0.1, -0.05) is 19.9 Å². The van der Waals surface area contributed by atoms with E-state index in [1.54, 1.807) is 0 Å². The molecular weight excluding hydrogens is 224 g/mol. The summed E-state index contributed by atoms with van der Waals surface area (Å²) in [4.78, 5) is 11.0. The van der Waals surface area contributed by atoms with Crippen molar-refractivity contribution in [2.24, 2.45) is 5.92 Å². The minimum absolute atomic E-state index is 0.653. The summed E-state index contributed by atoms with van der Waals surface area (Å²) in [5, 5.41) is 3.36. The number of nitrogens with one attached hydrogen (secondary N) is 1. The number of anilines is 1. The first kappa shape index (κ1) is 14.6. The molecule has 0 aliphatic heterocycles. The summed E-state index contributed by atoms with van der Waals surface area (Å²) < 4.78 is 0. The van der Waals surface area contributed by atoms with E-state index in [4.69, 9.17) is 0 Å². The fraction of sp³-hybridized carbons (Fsp3) is 0.571. The zero-order valence-electron chi connectivity index (χ0n) is 11.7. The molecule has 0 radical (unpaired) electrons. The molecule has 1 rings (SSSR count). The molecule has 0 bridgehead atoms. The van der Waals surface area contributed by atoms with Gasteiger partial charge in [0.15, 0.2) is 0 Å². The van der Waals surface area contributed by atoms with E-state index in [1.165, 1.54) is 0 Å². The number of nitrogens with zero attached hydrogens (tertiary/aromatic N) is 3. The molecule has 0 amide bonds. The van der Waals surface area contributed by atoms with Gasteiger partial charge in [-0.3, -0.25) is 4.98 Å². The number of likely N-dealkylation sites (N-methyl/N-ethyl adjacent to an activating group) is 1. The van der Waals surface area contributed by atoms with Gasteiger partial charge in [-0.05, 0) is 19.4 Å². The van der Waals surface area contributed by atoms with E-state index in [0.717, 1.165) is 37.7 Å². The topological polar surface area (TPSA) is 41.1 Å². The highest BCUT2D eigenvalue weighted by atomic mass is 15.2. The molecule has 4 nitrogen and oxygen atoms in total. The molecule has 0 unspecified atom stereocenters. The van der Waals surface area contributed by atoms with E-state index >= 15 is 0 Å². The van der Waals surface area contributed by atoms with Crippen molar-refractivity contribution in [3.8, 4) is 0 Å². The predicted molar refractivity (Wildman–Crippen MR) is 76.7 cm³/mol. The second kappa shape index (κ2) is 7.82. The Morgan fingerprint density at radius 1 is 1.39 bits per heavy atom. The standard InChI is InChI=1S/C14H24N4/c1-5-7-18(6-2)14-11-16-13(10-17-14)9-15-8-12(3)4/h5,10-12,15H,1,6-9H2,2-4H3. The smallest absolute Gasteiger partial charge is 0.147 e. The average Bonchev–Trinajstić information content (AvgIpc) is 2.36. The third kappa shape index (κ3) is 4.84. The van der Waals surface area contributed by atoms with Crippen molar-refractivity contribution in [2.45, 2.75) is 27.3 Å². The second-order valence-corrected chi connectivity index (χ2v) is 4.72. The fourth-order valence-corrected chi connectivity index (χ4v) is 1.63. The lowest BCUT2D eigenvalue weighted by atomic mass is 10.2. The van der Waals surface area contributed by atoms with Crippen LogP contribution in [0.4, 0.5) is 5.82 Å². The quantitative estimate of drug-likeness (QED) is 0.716. The van der Waals surface area contributed by atoms with Crippen LogP contribution in [0.1, 0.15) is 26.5 Å². The summed E-state index contributed by atoms with van der Waals surface area (Å²) in [6.07, 6.45) is 5.55. The maximum atomic E-state index is 4.44. The molecule has 0 aliphatic rings. The SMILES string of the molecule is C=CCN(CC)c1cnc(CNCC(C)C)cn1. The van der Waals surface area contributed by atoms with Crippen molar-refractivity contribution < 1.29 is 0 Å². The van der Waals surface area contributed by atoms with Crippen molar-refractivity contribution in [2.75, 3.05) is 24.5 Å². The summed E-state index contributed by atoms with van der Waals surface area (Å²) in [5.74, 6) is 1.56. The van der Waals surface area contributed by atoms with E-state index < -0.39 is 0 Å². The molecule has 0 atom stereocenters. The third-order valence-corrected chi connectivity index (χ3v) is 2.61. The second-order valence-electron chi connectivity index (χ2n) is 4.72. The van der Waals surface area contributed by atoms with Crippen LogP contribution >= 0.6 is 0 Å². The van der Waals surface area contributed by atoms with Crippen LogP contribution in [0.25, 0.3) is 0 Å². The van der Waals surface area contributed by atoms with Crippen molar-refractivity contribution in [3.05, 3.63) is 30.7 Å². The van der Waals surface area contributed by atoms with Crippen LogP contribution in [0.2, 0.25) is 0 Å². The molecule has 4 heteroatoms. The van der Waals surface area contributed by atoms with Crippen molar-refractivity contribution in [1.82, 2.24) is 15.3 Å². The normalized spacial score (nSPS) is 10.7. The molecule has 0 aliphatic carbocycles. The molecule has 0 aromatic carbocycles. The predicted octanol–water partition coefficient (Wildman–Crippen LogP) is 2.23. The maximum absolute atomic E-state index is 4.44. The van der Waals surface area contributed by atoms with Crippen LogP contribution in [-0.4, -0.2) is 29.6 Å². The summed E-state index contributed by atoms with van der Waals surface area (Å²) in [5.41, 5.74) is 0.981. The third-order valence-electron chi connectivity index (χ3n) is 2.61. The van der Waals surface area contributed by atoms with E-state index in [-0.39, 0.29) is 0 Å². The molecule has 0 spiro atoms. The Morgan fingerprint density at radius 2 is 2.17 bits per heavy atom. The molecule has 0 fully saturated rings. The zero-order chi connectivity index (χ0) is 13.4. The molecule has 1 heterocycles. The van der Waals surface area contributed by atoms with E-state index in [1.807, 2.05) is 18.5 Å². The zero-order valence-corrected chi connectivity index (χ0v) is 11.7. The Kier molecular flexibility index (Phi) is 6.36. The van der Waals surface area contributed by atoms with Crippen LogP contribution in [-0.2, 0) is 6.54 Å². The van der Waals surface area contributed by atoms with Crippen molar-refractivity contribution in [1.29, 1.82) is 0 Å². The number of aromatic nitrogens is 2. The van der Waals surface area contributed by atoms with Gasteiger partial charge in [0, 0.05) is 19.6 Å². The molecule has 1 aromatic heterocycles. The van der Waals surface area contributed by atoms with Gasteiger partial charge in [-0.2, -0.15) is 0 Å². The van der Waals surface area contributed by atoms with Gasteiger partial charge in [-0.15, -0.1) is 6.58 Å². The van der Waals surface area contributed by atoms with Gasteiger partial charge < -0.3 is 10.2 Å². The Labute approximate surface area is 110 Å². The van der Waals surface area contributed by atoms with Crippen LogP contribution in [0.15, 0.2) is 25.0 Å². The molecule has 18 heavy (non-hydrogen) atoms. The minimum Gasteiger partial charge on any atom is -0.352 e. The lowest BCUT2D eigenvalue weighted by Crippen LogP contribution is -2.24. The van der Waals surface area contributed by atoms with Crippen LogP contribution in [0.3, 0.4) is 0 Å². The van der Waals surface area contributed by atoms with E-state index in [0.29, 0.717) is 5.92 Å². The first-order valence-corrected chi connectivity index (χ1v) is 6.54. The van der Waals surface area contributed by atoms with Crippen molar-refractivity contribution >= 4 is 5.82 Å². The summed E-state index contributed by atoms with van der Waals surface area (Å²) in [6, 6.07) is 0. The van der Waals surface area contributed by atoms with Crippen LogP contribution in [0, 0.1) is 5.92 Å². The molecule has 0 saturated heterocycles. The molecule has 1 aromatic rings. The molecular formula is C14H24N4. The Morgan fingerprint density at radius 3 is 2.67 bits per heavy atom. The fourth-order valence-electron chi connectivity index (χ4n) is 1.63. The van der Waals surface area contributed by atoms with Crippen LogP contribution < -0.4 is 10.2 Å². The van der Waals surface area contributed by atoms with Crippen LogP contribution in [0.5, 0.6) is 0 Å². The molecule has 100 valence electrons. The average molecular weight is 248 g/mol. The Balaban J connectivity index is 2.53. The monoisotopic (exact) mass is 248 g/mol. The van der Waals surface area contributed by atoms with Crippen molar-refractivity contribution in [3.63, 3.8) is 0 Å². The Hall–Kier alpha value is -1.42. The number of hydrogen-bond donors (Lipinski definition) is 1. The van der Waals surface area contributed by atoms with Gasteiger partial charge in [0.05, 0.1) is 18.1 Å². The van der Waals surface area contributed by atoms with Gasteiger partial charge in [0.1, 0.15) is 5.82 Å². The summed E-state index contributed by atoms with van der Waals surface area (Å²) >= 11 is 0. The highest BCUT2D eigenvalue weighted by Gasteiger charge is 2.04.